The van der Waals surface area contributed by atoms with Crippen LogP contribution in [0.25, 0.3) is 33.5 Å². The van der Waals surface area contributed by atoms with Crippen molar-refractivity contribution in [3.05, 3.63) is 36.7 Å². The van der Waals surface area contributed by atoms with Crippen molar-refractivity contribution in [1.82, 2.24) is 20.2 Å². The molecule has 0 saturated carbocycles. The Hall–Kier alpha value is -3.26. The van der Waals surface area contributed by atoms with Gasteiger partial charge in [-0.05, 0) is 31.2 Å². The summed E-state index contributed by atoms with van der Waals surface area (Å²) in [5.74, 6) is 1.20. The Labute approximate surface area is 161 Å². The molecular weight excluding hydrogens is 356 g/mol. The van der Waals surface area contributed by atoms with Crippen molar-refractivity contribution >= 4 is 33.5 Å². The highest BCUT2D eigenvalue weighted by molar-refractivity contribution is 5.98. The minimum Gasteiger partial charge on any atom is -0.436 e. The molecule has 1 aliphatic rings. The van der Waals surface area contributed by atoms with Crippen molar-refractivity contribution in [2.75, 3.05) is 37.0 Å². The summed E-state index contributed by atoms with van der Waals surface area (Å²) in [4.78, 5) is 11.5. The molecule has 1 aromatic carbocycles. The number of fused-ring (bicyclic) bond motifs is 2. The highest BCUT2D eigenvalue weighted by Gasteiger charge is 2.19. The van der Waals surface area contributed by atoms with Crippen LogP contribution in [0.4, 0.5) is 11.5 Å². The average Bonchev–Trinajstić information content (AvgIpc) is 3.16. The summed E-state index contributed by atoms with van der Waals surface area (Å²) in [6.45, 7) is 4.57. The van der Waals surface area contributed by atoms with Crippen molar-refractivity contribution in [1.29, 1.82) is 0 Å². The fourth-order valence-electron chi connectivity index (χ4n) is 3.62. The number of anilines is 2. The molecule has 142 valence electrons. The van der Waals surface area contributed by atoms with E-state index in [-0.39, 0.29) is 6.10 Å². The van der Waals surface area contributed by atoms with Gasteiger partial charge in [0, 0.05) is 37.4 Å². The van der Waals surface area contributed by atoms with Crippen LogP contribution in [0.1, 0.15) is 6.92 Å². The second-order valence-electron chi connectivity index (χ2n) is 6.86. The second kappa shape index (κ2) is 6.72. The van der Waals surface area contributed by atoms with Crippen LogP contribution in [0.2, 0.25) is 0 Å². The van der Waals surface area contributed by atoms with Gasteiger partial charge >= 0.3 is 0 Å². The van der Waals surface area contributed by atoms with Crippen molar-refractivity contribution in [2.45, 2.75) is 13.0 Å². The maximum Gasteiger partial charge on any atom is 0.229 e. The molecule has 28 heavy (non-hydrogen) atoms. The lowest BCUT2D eigenvalue weighted by molar-refractivity contribution is 0.0532. The predicted octanol–water partition coefficient (Wildman–Crippen LogP) is 3.10. The average molecular weight is 376 g/mol. The number of hydrogen-bond acceptors (Lipinski definition) is 8. The summed E-state index contributed by atoms with van der Waals surface area (Å²) in [6, 6.07) is 8.01. The Morgan fingerprint density at radius 1 is 1.25 bits per heavy atom. The fourth-order valence-corrected chi connectivity index (χ4v) is 3.62. The zero-order chi connectivity index (χ0) is 19.1. The monoisotopic (exact) mass is 376 g/mol. The van der Waals surface area contributed by atoms with Gasteiger partial charge in [0.1, 0.15) is 11.0 Å². The molecule has 0 aliphatic carbocycles. The number of ether oxygens (including phenoxy) is 1. The Morgan fingerprint density at radius 2 is 2.18 bits per heavy atom. The molecule has 0 amide bonds. The molecule has 1 aliphatic heterocycles. The molecule has 4 aromatic rings. The van der Waals surface area contributed by atoms with E-state index in [1.54, 1.807) is 12.4 Å². The Morgan fingerprint density at radius 3 is 3.04 bits per heavy atom. The summed E-state index contributed by atoms with van der Waals surface area (Å²) in [6.07, 6.45) is 3.64. The molecule has 3 aromatic heterocycles. The largest absolute Gasteiger partial charge is 0.436 e. The molecule has 1 saturated heterocycles. The molecule has 0 unspecified atom stereocenters. The second-order valence-corrected chi connectivity index (χ2v) is 6.86. The van der Waals surface area contributed by atoms with Gasteiger partial charge in [-0.25, -0.2) is 9.97 Å². The number of benzene rings is 1. The first-order valence-corrected chi connectivity index (χ1v) is 9.28. The Bertz CT molecular complexity index is 1160. The Kier molecular flexibility index (Phi) is 4.05. The number of nitrogens with zero attached hydrogens (tertiary/aromatic N) is 5. The number of pyridine rings is 1. The van der Waals surface area contributed by atoms with E-state index in [0.29, 0.717) is 17.2 Å². The van der Waals surface area contributed by atoms with E-state index in [4.69, 9.17) is 14.1 Å². The first kappa shape index (κ1) is 16.9. The van der Waals surface area contributed by atoms with Gasteiger partial charge in [-0.15, -0.1) is 5.10 Å². The van der Waals surface area contributed by atoms with E-state index >= 15 is 0 Å². The lowest BCUT2D eigenvalue weighted by Gasteiger charge is -2.32. The van der Waals surface area contributed by atoms with E-state index in [1.807, 2.05) is 19.2 Å². The fraction of sp³-hybridized carbons (Fsp3) is 0.300. The highest BCUT2D eigenvalue weighted by atomic mass is 16.5. The van der Waals surface area contributed by atoms with Crippen LogP contribution in [0.5, 0.6) is 0 Å². The van der Waals surface area contributed by atoms with Gasteiger partial charge in [-0.1, -0.05) is 0 Å². The first-order chi connectivity index (χ1) is 13.7. The van der Waals surface area contributed by atoms with Crippen LogP contribution in [-0.4, -0.2) is 53.0 Å². The molecular formula is C20H20N6O2. The van der Waals surface area contributed by atoms with Gasteiger partial charge in [0.25, 0.3) is 0 Å². The van der Waals surface area contributed by atoms with Crippen LogP contribution in [0.3, 0.4) is 0 Å². The van der Waals surface area contributed by atoms with Crippen molar-refractivity contribution in [2.24, 2.45) is 0 Å². The predicted molar refractivity (Wildman–Crippen MR) is 108 cm³/mol. The van der Waals surface area contributed by atoms with Crippen LogP contribution in [-0.2, 0) is 4.74 Å². The lowest BCUT2D eigenvalue weighted by Crippen LogP contribution is -2.41. The van der Waals surface area contributed by atoms with Gasteiger partial charge in [0.05, 0.1) is 24.5 Å². The molecule has 1 N–H and O–H groups in total. The van der Waals surface area contributed by atoms with Gasteiger partial charge in [0.15, 0.2) is 11.4 Å². The smallest absolute Gasteiger partial charge is 0.229 e. The summed E-state index contributed by atoms with van der Waals surface area (Å²) in [5.41, 5.74) is 4.17. The SMILES string of the molecule is CNc1ncc(-c2nc3cc(N4CCO[C@@H](C)C4)ccc3o2)c2ccnnc12. The maximum absolute atomic E-state index is 6.04. The Balaban J connectivity index is 1.58. The number of hydrogen-bond donors (Lipinski definition) is 1. The molecule has 8 nitrogen and oxygen atoms in total. The number of oxazole rings is 1. The van der Waals surface area contributed by atoms with Crippen molar-refractivity contribution < 1.29 is 9.15 Å². The van der Waals surface area contributed by atoms with E-state index in [1.165, 1.54) is 0 Å². The van der Waals surface area contributed by atoms with Crippen molar-refractivity contribution in [3.8, 4) is 11.5 Å². The lowest BCUT2D eigenvalue weighted by atomic mass is 10.1. The van der Waals surface area contributed by atoms with Crippen LogP contribution >= 0.6 is 0 Å². The molecule has 0 spiro atoms. The molecule has 4 heterocycles. The zero-order valence-electron chi connectivity index (χ0n) is 15.7. The van der Waals surface area contributed by atoms with Gasteiger partial charge in [-0.3, -0.25) is 0 Å². The molecule has 1 atom stereocenters. The zero-order valence-corrected chi connectivity index (χ0v) is 15.7. The third-order valence-corrected chi connectivity index (χ3v) is 5.00. The highest BCUT2D eigenvalue weighted by Crippen LogP contribution is 2.32. The molecule has 1 fully saturated rings. The summed E-state index contributed by atoms with van der Waals surface area (Å²) >= 11 is 0. The van der Waals surface area contributed by atoms with Crippen LogP contribution in [0, 0.1) is 0 Å². The van der Waals surface area contributed by atoms with Crippen molar-refractivity contribution in [3.63, 3.8) is 0 Å². The van der Waals surface area contributed by atoms with Gasteiger partial charge in [0.2, 0.25) is 5.89 Å². The van der Waals surface area contributed by atoms with E-state index in [0.717, 1.165) is 47.4 Å². The number of aromatic nitrogens is 4. The number of morpholine rings is 1. The molecule has 0 radical (unpaired) electrons. The number of nitrogens with one attached hydrogen (secondary N) is 1. The van der Waals surface area contributed by atoms with E-state index < -0.39 is 0 Å². The standard InChI is InChI=1S/C20H20N6O2/c1-12-11-26(7-8-27-12)13-3-4-17-16(9-13)24-20(28-17)15-10-22-19(21-2)18-14(15)5-6-23-25-18/h3-6,9-10,12H,7-8,11H2,1-2H3,(H,21,22)/t12-/m0/s1. The number of rotatable bonds is 3. The third kappa shape index (κ3) is 2.82. The third-order valence-electron chi connectivity index (χ3n) is 5.00. The topological polar surface area (TPSA) is 89.2 Å². The first-order valence-electron chi connectivity index (χ1n) is 9.28. The van der Waals surface area contributed by atoms with Gasteiger partial charge < -0.3 is 19.4 Å². The summed E-state index contributed by atoms with van der Waals surface area (Å²) in [7, 11) is 1.81. The van der Waals surface area contributed by atoms with E-state index in [9.17, 15) is 0 Å². The molecule has 0 bridgehead atoms. The minimum atomic E-state index is 0.224. The van der Waals surface area contributed by atoms with Gasteiger partial charge in [-0.2, -0.15) is 5.10 Å². The minimum absolute atomic E-state index is 0.224. The van der Waals surface area contributed by atoms with Crippen LogP contribution < -0.4 is 10.2 Å². The van der Waals surface area contributed by atoms with E-state index in [2.05, 4.69) is 44.5 Å². The quantitative estimate of drug-likeness (QED) is 0.583. The normalized spacial score (nSPS) is 17.4. The summed E-state index contributed by atoms with van der Waals surface area (Å²) < 4.78 is 11.7. The summed E-state index contributed by atoms with van der Waals surface area (Å²) in [5, 5.41) is 12.1. The maximum atomic E-state index is 6.04. The molecule has 8 heteroatoms. The molecule has 5 rings (SSSR count). The van der Waals surface area contributed by atoms with Crippen LogP contribution in [0.15, 0.2) is 41.1 Å².